The number of benzene rings is 4. The van der Waals surface area contributed by atoms with E-state index in [0.717, 1.165) is 71.3 Å². The molecule has 3 heterocycles. The third-order valence-corrected chi connectivity index (χ3v) is 11.0. The second-order valence-electron chi connectivity index (χ2n) is 16.8. The summed E-state index contributed by atoms with van der Waals surface area (Å²) in [5.74, 6) is 3.71. The van der Waals surface area contributed by atoms with E-state index in [2.05, 4.69) is 162 Å². The number of pyridine rings is 1. The van der Waals surface area contributed by atoms with E-state index in [-0.39, 0.29) is 5.41 Å². The number of ether oxygens (including phenoxy) is 1. The van der Waals surface area contributed by atoms with Gasteiger partial charge in [0, 0.05) is 34.7 Å². The first-order valence-electron chi connectivity index (χ1n) is 20.5. The molecule has 3 aromatic heterocycles. The monoisotopic (exact) mass is 730 g/mol. The Balaban J connectivity index is 1.30. The molecule has 0 N–H and O–H groups in total. The summed E-state index contributed by atoms with van der Waals surface area (Å²) >= 11 is 0. The van der Waals surface area contributed by atoms with Crippen molar-refractivity contribution >= 4 is 21.8 Å². The molecular formula is C50H58N4O. The van der Waals surface area contributed by atoms with Gasteiger partial charge in [-0.05, 0) is 102 Å². The maximum absolute atomic E-state index is 6.73. The Hall–Kier alpha value is -5.16. The summed E-state index contributed by atoms with van der Waals surface area (Å²) in [4.78, 5) is 4.95. The van der Waals surface area contributed by atoms with Gasteiger partial charge in [-0.25, -0.2) is 9.67 Å². The molecule has 1 atom stereocenters. The molecule has 0 radical (unpaired) electrons. The molecule has 5 nitrogen and oxygen atoms in total. The van der Waals surface area contributed by atoms with Crippen molar-refractivity contribution in [3.05, 3.63) is 132 Å². The molecule has 0 bridgehead atoms. The van der Waals surface area contributed by atoms with Crippen LogP contribution in [0.2, 0.25) is 0 Å². The molecule has 4 aromatic carbocycles. The third-order valence-electron chi connectivity index (χ3n) is 11.0. The van der Waals surface area contributed by atoms with Crippen LogP contribution < -0.4 is 4.74 Å². The van der Waals surface area contributed by atoms with Crippen molar-refractivity contribution < 1.29 is 4.74 Å². The molecular weight excluding hydrogens is 673 g/mol. The van der Waals surface area contributed by atoms with E-state index in [1.807, 2.05) is 12.3 Å². The minimum absolute atomic E-state index is 0.000933. The summed E-state index contributed by atoms with van der Waals surface area (Å²) in [5.41, 5.74) is 10.8. The Labute approximate surface area is 328 Å². The van der Waals surface area contributed by atoms with Crippen LogP contribution in [0, 0.1) is 5.92 Å². The van der Waals surface area contributed by atoms with E-state index >= 15 is 0 Å². The Kier molecular flexibility index (Phi) is 11.3. The zero-order valence-electron chi connectivity index (χ0n) is 34.2. The predicted octanol–water partition coefficient (Wildman–Crippen LogP) is 14.0. The van der Waals surface area contributed by atoms with Gasteiger partial charge in [0.05, 0.1) is 28.1 Å². The van der Waals surface area contributed by atoms with Gasteiger partial charge in [-0.15, -0.1) is 0 Å². The van der Waals surface area contributed by atoms with Crippen LogP contribution in [0.15, 0.2) is 109 Å². The molecule has 0 aliphatic carbocycles. The predicted molar refractivity (Wildman–Crippen MR) is 231 cm³/mol. The summed E-state index contributed by atoms with van der Waals surface area (Å²) in [6.07, 6.45) is 9.61. The Bertz CT molecular complexity index is 2390. The van der Waals surface area contributed by atoms with Gasteiger partial charge >= 0.3 is 0 Å². The minimum Gasteiger partial charge on any atom is -0.457 e. The molecule has 0 saturated carbocycles. The topological polar surface area (TPSA) is 44.9 Å². The van der Waals surface area contributed by atoms with E-state index < -0.39 is 0 Å². The van der Waals surface area contributed by atoms with Crippen molar-refractivity contribution in [1.29, 1.82) is 0 Å². The number of fused-ring (bicyclic) bond motifs is 3. The second-order valence-corrected chi connectivity index (χ2v) is 16.8. The molecule has 1 unspecified atom stereocenters. The van der Waals surface area contributed by atoms with Gasteiger partial charge in [0.1, 0.15) is 17.3 Å². The third kappa shape index (κ3) is 8.12. The number of hydrogen-bond acceptors (Lipinski definition) is 3. The van der Waals surface area contributed by atoms with Crippen molar-refractivity contribution in [2.75, 3.05) is 0 Å². The number of hydrogen-bond donors (Lipinski definition) is 0. The summed E-state index contributed by atoms with van der Waals surface area (Å²) in [6, 6.07) is 37.0. The van der Waals surface area contributed by atoms with E-state index in [9.17, 15) is 0 Å². The van der Waals surface area contributed by atoms with Crippen LogP contribution in [-0.2, 0) is 18.3 Å². The van der Waals surface area contributed by atoms with Crippen LogP contribution in [0.4, 0.5) is 0 Å². The van der Waals surface area contributed by atoms with Crippen LogP contribution in [0.25, 0.3) is 44.4 Å². The smallest absolute Gasteiger partial charge is 0.137 e. The number of aryl methyl sites for hydroxylation is 1. The van der Waals surface area contributed by atoms with E-state index in [0.29, 0.717) is 5.92 Å². The molecule has 0 fully saturated rings. The fraction of sp³-hybridized carbons (Fsp3) is 0.360. The average Bonchev–Trinajstić information content (AvgIpc) is 3.69. The van der Waals surface area contributed by atoms with Crippen molar-refractivity contribution in [2.45, 2.75) is 112 Å². The summed E-state index contributed by atoms with van der Waals surface area (Å²) in [6.45, 7) is 18.2. The standard InChI is InChI=1S/C50H58N4O/c1-9-16-44-49(36-20-12-11-13-21-36)46(17-10-2)54(52-44)39-22-15-23-40(32-39)55-41-25-26-42-43-30-37(35(5)19-14-18-34(3)4)24-27-45(43)53(47(42)33-41)48-31-38(28-29-51-48)50(6,7)8/h11-13,15,20-35H,9-10,14,16-19H2,1-8H3. The van der Waals surface area contributed by atoms with E-state index in [1.54, 1.807) is 0 Å². The van der Waals surface area contributed by atoms with Crippen LogP contribution in [-0.4, -0.2) is 19.3 Å². The number of nitrogens with zero attached hydrogens (tertiary/aromatic N) is 4. The normalized spacial score (nSPS) is 12.6. The SMILES string of the molecule is CCCc1nn(-c2cccc(Oc3ccc4c5cc(C(C)CCCC(C)C)ccc5n(-c5cc(C(C)(C)C)ccn5)c4c3)c2)c(CCC)c1-c1ccccc1. The van der Waals surface area contributed by atoms with Crippen LogP contribution in [0.1, 0.15) is 116 Å². The summed E-state index contributed by atoms with van der Waals surface area (Å²) in [7, 11) is 0. The Morgan fingerprint density at radius 3 is 2.24 bits per heavy atom. The fourth-order valence-electron chi connectivity index (χ4n) is 7.99. The van der Waals surface area contributed by atoms with Gasteiger partial charge in [0.25, 0.3) is 0 Å². The highest BCUT2D eigenvalue weighted by molar-refractivity contribution is 6.09. The first kappa shape index (κ1) is 38.1. The molecule has 0 spiro atoms. The average molecular weight is 731 g/mol. The summed E-state index contributed by atoms with van der Waals surface area (Å²) < 4.78 is 11.2. The van der Waals surface area contributed by atoms with Crippen molar-refractivity contribution in [3.8, 4) is 34.1 Å². The first-order chi connectivity index (χ1) is 26.5. The largest absolute Gasteiger partial charge is 0.457 e. The highest BCUT2D eigenvalue weighted by atomic mass is 16.5. The van der Waals surface area contributed by atoms with Crippen LogP contribution >= 0.6 is 0 Å². The Morgan fingerprint density at radius 2 is 1.49 bits per heavy atom. The van der Waals surface area contributed by atoms with Crippen molar-refractivity contribution in [2.24, 2.45) is 5.92 Å². The number of aromatic nitrogens is 4. The zero-order valence-corrected chi connectivity index (χ0v) is 34.2. The zero-order chi connectivity index (χ0) is 38.7. The molecule has 7 rings (SSSR count). The van der Waals surface area contributed by atoms with Crippen LogP contribution in [0.3, 0.4) is 0 Å². The van der Waals surface area contributed by atoms with Gasteiger partial charge in [0.15, 0.2) is 0 Å². The van der Waals surface area contributed by atoms with Gasteiger partial charge < -0.3 is 4.74 Å². The van der Waals surface area contributed by atoms with Gasteiger partial charge in [-0.2, -0.15) is 5.10 Å². The summed E-state index contributed by atoms with van der Waals surface area (Å²) in [5, 5.41) is 7.69. The molecule has 55 heavy (non-hydrogen) atoms. The highest BCUT2D eigenvalue weighted by Gasteiger charge is 2.22. The molecule has 0 aliphatic heterocycles. The fourth-order valence-corrected chi connectivity index (χ4v) is 7.99. The maximum Gasteiger partial charge on any atom is 0.137 e. The van der Waals surface area contributed by atoms with Crippen molar-refractivity contribution in [3.63, 3.8) is 0 Å². The lowest BCUT2D eigenvalue weighted by Crippen LogP contribution is -2.12. The molecule has 0 saturated heterocycles. The molecule has 0 aliphatic rings. The minimum atomic E-state index is -0.000933. The number of rotatable bonds is 14. The van der Waals surface area contributed by atoms with Gasteiger partial charge in [-0.3, -0.25) is 4.57 Å². The lowest BCUT2D eigenvalue weighted by molar-refractivity contribution is 0.482. The van der Waals surface area contributed by atoms with Gasteiger partial charge in [0.2, 0.25) is 0 Å². The lowest BCUT2D eigenvalue weighted by Gasteiger charge is -2.20. The quantitative estimate of drug-likeness (QED) is 0.112. The molecule has 7 aromatic rings. The first-order valence-corrected chi connectivity index (χ1v) is 20.5. The molecule has 0 amide bonds. The second kappa shape index (κ2) is 16.3. The molecule has 284 valence electrons. The lowest BCUT2D eigenvalue weighted by atomic mass is 9.88. The maximum atomic E-state index is 6.73. The van der Waals surface area contributed by atoms with E-state index in [4.69, 9.17) is 14.8 Å². The van der Waals surface area contributed by atoms with Crippen LogP contribution in [0.5, 0.6) is 11.5 Å². The van der Waals surface area contributed by atoms with E-state index in [1.165, 1.54) is 58.0 Å². The molecule has 5 heteroatoms. The van der Waals surface area contributed by atoms with Crippen molar-refractivity contribution in [1.82, 2.24) is 19.3 Å². The Morgan fingerprint density at radius 1 is 0.709 bits per heavy atom. The van der Waals surface area contributed by atoms with Gasteiger partial charge in [-0.1, -0.05) is 124 Å². The highest BCUT2D eigenvalue weighted by Crippen LogP contribution is 2.38.